The molecule has 1 unspecified atom stereocenters. The summed E-state index contributed by atoms with van der Waals surface area (Å²) in [6.45, 7) is 5.32. The molecule has 0 N–H and O–H groups in total. The first-order chi connectivity index (χ1) is 4.02. The lowest BCUT2D eigenvalue weighted by Crippen LogP contribution is -2.62. The van der Waals surface area contributed by atoms with Gasteiger partial charge in [-0.3, -0.25) is 4.79 Å². The van der Waals surface area contributed by atoms with Crippen LogP contribution in [0.4, 0.5) is 0 Å². The van der Waals surface area contributed by atoms with Crippen molar-refractivity contribution in [2.75, 3.05) is 0 Å². The van der Waals surface area contributed by atoms with Gasteiger partial charge in [-0.1, -0.05) is 0 Å². The SMILES string of the molecule is CC1(C)OOC1(C)C=O. The third-order valence-electron chi connectivity index (χ3n) is 1.84. The van der Waals surface area contributed by atoms with E-state index < -0.39 is 11.2 Å². The van der Waals surface area contributed by atoms with Crippen LogP contribution in [0.1, 0.15) is 20.8 Å². The van der Waals surface area contributed by atoms with Crippen molar-refractivity contribution in [3.8, 4) is 0 Å². The average Bonchev–Trinajstić information content (AvgIpc) is 1.84. The van der Waals surface area contributed by atoms with Crippen LogP contribution in [0.5, 0.6) is 0 Å². The fraction of sp³-hybridized carbons (Fsp3) is 0.833. The molecule has 1 rings (SSSR count). The molecule has 0 aromatic rings. The molecule has 1 aliphatic heterocycles. The quantitative estimate of drug-likeness (QED) is 0.387. The standard InChI is InChI=1S/C6H10O3/c1-5(2)6(3,4-7)9-8-5/h4H,1-3H3. The fourth-order valence-corrected chi connectivity index (χ4v) is 0.501. The minimum atomic E-state index is -0.743. The van der Waals surface area contributed by atoms with E-state index >= 15 is 0 Å². The maximum absolute atomic E-state index is 10.3. The van der Waals surface area contributed by atoms with Crippen LogP contribution in [-0.2, 0) is 14.6 Å². The van der Waals surface area contributed by atoms with E-state index in [1.165, 1.54) is 0 Å². The van der Waals surface area contributed by atoms with Crippen LogP contribution in [0.2, 0.25) is 0 Å². The maximum Gasteiger partial charge on any atom is 0.187 e. The van der Waals surface area contributed by atoms with Gasteiger partial charge in [0.05, 0.1) is 0 Å². The number of hydrogen-bond acceptors (Lipinski definition) is 3. The lowest BCUT2D eigenvalue weighted by molar-refractivity contribution is -0.521. The van der Waals surface area contributed by atoms with Crippen LogP contribution >= 0.6 is 0 Å². The molecular weight excluding hydrogens is 120 g/mol. The zero-order valence-electron chi connectivity index (χ0n) is 5.80. The smallest absolute Gasteiger partial charge is 0.187 e. The van der Waals surface area contributed by atoms with E-state index in [-0.39, 0.29) is 0 Å². The second kappa shape index (κ2) is 1.55. The molecular formula is C6H10O3. The van der Waals surface area contributed by atoms with Gasteiger partial charge < -0.3 is 0 Å². The summed E-state index contributed by atoms with van der Waals surface area (Å²) in [6.07, 6.45) is 0.760. The number of hydrogen-bond donors (Lipinski definition) is 0. The van der Waals surface area contributed by atoms with E-state index in [4.69, 9.17) is 4.89 Å². The van der Waals surface area contributed by atoms with E-state index in [2.05, 4.69) is 4.89 Å². The molecule has 3 nitrogen and oxygen atoms in total. The Morgan fingerprint density at radius 3 is 1.78 bits per heavy atom. The topological polar surface area (TPSA) is 35.5 Å². The van der Waals surface area contributed by atoms with Gasteiger partial charge in [0.25, 0.3) is 0 Å². The normalized spacial score (nSPS) is 39.4. The molecule has 1 fully saturated rings. The Balaban J connectivity index is 2.73. The predicted octanol–water partition coefficient (Wildman–Crippen LogP) is 0.684. The van der Waals surface area contributed by atoms with Crippen LogP contribution < -0.4 is 0 Å². The molecule has 0 radical (unpaired) electrons. The van der Waals surface area contributed by atoms with Crippen molar-refractivity contribution in [3.63, 3.8) is 0 Å². The molecule has 0 aliphatic carbocycles. The number of rotatable bonds is 1. The van der Waals surface area contributed by atoms with Gasteiger partial charge >= 0.3 is 0 Å². The van der Waals surface area contributed by atoms with Gasteiger partial charge in [0, 0.05) is 0 Å². The summed E-state index contributed by atoms with van der Waals surface area (Å²) < 4.78 is 0. The number of aldehydes is 1. The van der Waals surface area contributed by atoms with Gasteiger partial charge in [-0.25, -0.2) is 9.78 Å². The molecule has 0 amide bonds. The summed E-state index contributed by atoms with van der Waals surface area (Å²) in [7, 11) is 0. The van der Waals surface area contributed by atoms with E-state index in [1.54, 1.807) is 6.92 Å². The van der Waals surface area contributed by atoms with Crippen LogP contribution in [-0.4, -0.2) is 17.5 Å². The Hall–Kier alpha value is -0.410. The van der Waals surface area contributed by atoms with Crippen molar-refractivity contribution in [1.82, 2.24) is 0 Å². The molecule has 1 atom stereocenters. The highest BCUT2D eigenvalue weighted by Crippen LogP contribution is 2.37. The largest absolute Gasteiger partial charge is 0.300 e. The zero-order chi connectivity index (χ0) is 7.12. The summed E-state index contributed by atoms with van der Waals surface area (Å²) in [5.41, 5.74) is -1.21. The Bertz CT molecular complexity index is 141. The van der Waals surface area contributed by atoms with Crippen LogP contribution in [0.25, 0.3) is 0 Å². The summed E-state index contributed by atoms with van der Waals surface area (Å²) in [4.78, 5) is 19.6. The highest BCUT2D eigenvalue weighted by molar-refractivity contribution is 5.65. The Labute approximate surface area is 53.9 Å². The molecule has 52 valence electrons. The highest BCUT2D eigenvalue weighted by atomic mass is 17.3. The first-order valence-electron chi connectivity index (χ1n) is 2.85. The lowest BCUT2D eigenvalue weighted by Gasteiger charge is -2.46. The van der Waals surface area contributed by atoms with Gasteiger partial charge in [0.2, 0.25) is 0 Å². The van der Waals surface area contributed by atoms with E-state index in [0.29, 0.717) is 0 Å². The third kappa shape index (κ3) is 0.686. The Morgan fingerprint density at radius 1 is 1.22 bits per heavy atom. The average molecular weight is 130 g/mol. The van der Waals surface area contributed by atoms with E-state index in [0.717, 1.165) is 6.29 Å². The predicted molar refractivity (Wildman–Crippen MR) is 30.7 cm³/mol. The molecule has 0 aromatic carbocycles. The van der Waals surface area contributed by atoms with Crippen LogP contribution in [0.3, 0.4) is 0 Å². The molecule has 0 aromatic heterocycles. The summed E-state index contributed by atoms with van der Waals surface area (Å²) in [5, 5.41) is 0. The van der Waals surface area contributed by atoms with E-state index in [9.17, 15) is 4.79 Å². The molecule has 1 saturated heterocycles. The third-order valence-corrected chi connectivity index (χ3v) is 1.84. The van der Waals surface area contributed by atoms with Crippen LogP contribution in [0.15, 0.2) is 0 Å². The van der Waals surface area contributed by atoms with Crippen molar-refractivity contribution in [2.45, 2.75) is 32.0 Å². The van der Waals surface area contributed by atoms with E-state index in [1.807, 2.05) is 13.8 Å². The van der Waals surface area contributed by atoms with Gasteiger partial charge in [-0.15, -0.1) is 0 Å². The van der Waals surface area contributed by atoms with Gasteiger partial charge in [-0.05, 0) is 20.8 Å². The maximum atomic E-state index is 10.3. The molecule has 0 bridgehead atoms. The monoisotopic (exact) mass is 130 g/mol. The summed E-state index contributed by atoms with van der Waals surface area (Å²) in [5.74, 6) is 0. The second-order valence-electron chi connectivity index (χ2n) is 2.90. The number of carbonyl (C=O) groups is 1. The first kappa shape index (κ1) is 6.71. The van der Waals surface area contributed by atoms with Crippen molar-refractivity contribution in [1.29, 1.82) is 0 Å². The van der Waals surface area contributed by atoms with Gasteiger partial charge in [0.15, 0.2) is 11.9 Å². The summed E-state index contributed by atoms with van der Waals surface area (Å²) in [6, 6.07) is 0. The Kier molecular flexibility index (Phi) is 1.15. The zero-order valence-corrected chi connectivity index (χ0v) is 5.80. The van der Waals surface area contributed by atoms with Crippen molar-refractivity contribution >= 4 is 6.29 Å². The molecule has 1 heterocycles. The van der Waals surface area contributed by atoms with Gasteiger partial charge in [-0.2, -0.15) is 0 Å². The van der Waals surface area contributed by atoms with Crippen molar-refractivity contribution in [3.05, 3.63) is 0 Å². The molecule has 0 saturated carbocycles. The van der Waals surface area contributed by atoms with Gasteiger partial charge in [0.1, 0.15) is 5.60 Å². The van der Waals surface area contributed by atoms with Crippen molar-refractivity contribution < 1.29 is 14.6 Å². The molecule has 3 heteroatoms. The minimum Gasteiger partial charge on any atom is -0.300 e. The molecule has 9 heavy (non-hydrogen) atoms. The molecule has 1 aliphatic rings. The first-order valence-corrected chi connectivity index (χ1v) is 2.85. The summed E-state index contributed by atoms with van der Waals surface area (Å²) >= 11 is 0. The van der Waals surface area contributed by atoms with Crippen molar-refractivity contribution in [2.24, 2.45) is 0 Å². The highest BCUT2D eigenvalue weighted by Gasteiger charge is 2.54. The fourth-order valence-electron chi connectivity index (χ4n) is 0.501. The molecule has 0 spiro atoms. The number of carbonyl (C=O) groups excluding carboxylic acids is 1. The van der Waals surface area contributed by atoms with Crippen LogP contribution in [0, 0.1) is 0 Å². The lowest BCUT2D eigenvalue weighted by atomic mass is 9.87. The minimum absolute atomic E-state index is 0.464. The Morgan fingerprint density at radius 2 is 1.78 bits per heavy atom. The second-order valence-corrected chi connectivity index (χ2v) is 2.90.